The van der Waals surface area contributed by atoms with Crippen molar-refractivity contribution >= 4 is 36.2 Å². The Bertz CT molecular complexity index is 706. The number of hydrogen-bond donors (Lipinski definition) is 1. The van der Waals surface area contributed by atoms with Gasteiger partial charge in [-0.15, -0.1) is 0 Å². The smallest absolute Gasteiger partial charge is 0.427 e. The second kappa shape index (κ2) is 5.72. The lowest BCUT2D eigenvalue weighted by atomic mass is 9.69. The van der Waals surface area contributed by atoms with Crippen molar-refractivity contribution in [1.82, 2.24) is 4.92 Å². The molecule has 4 nitrogen and oxygen atoms in total. The highest BCUT2D eigenvalue weighted by Gasteiger charge is 2.33. The lowest BCUT2D eigenvalue weighted by molar-refractivity contribution is -0.126. The number of nitrogens with zero attached hydrogens (tertiary/aromatic N) is 2. The van der Waals surface area contributed by atoms with Crippen LogP contribution in [0.15, 0.2) is 53.6 Å². The number of hydrogen-bond acceptors (Lipinski definition) is 3. The van der Waals surface area contributed by atoms with E-state index in [0.29, 0.717) is 10.5 Å². The first kappa shape index (κ1) is 13.9. The van der Waals surface area contributed by atoms with Crippen molar-refractivity contribution in [2.45, 2.75) is 6.42 Å². The van der Waals surface area contributed by atoms with E-state index in [2.05, 4.69) is 5.10 Å². The fourth-order valence-electron chi connectivity index (χ4n) is 2.26. The van der Waals surface area contributed by atoms with E-state index < -0.39 is 7.05 Å². The number of fused-ring (bicyclic) bond motifs is 1. The molecule has 0 bridgehead atoms. The minimum atomic E-state index is -1.08. The molecule has 0 aromatic heterocycles. The van der Waals surface area contributed by atoms with Crippen LogP contribution >= 0.6 is 11.6 Å². The molecule has 0 spiro atoms. The Morgan fingerprint density at radius 3 is 2.76 bits per heavy atom. The molecule has 21 heavy (non-hydrogen) atoms. The first-order chi connectivity index (χ1) is 10.1. The van der Waals surface area contributed by atoms with Crippen LogP contribution in [0.25, 0.3) is 0 Å². The summed E-state index contributed by atoms with van der Waals surface area (Å²) in [5.41, 5.74) is 2.22. The van der Waals surface area contributed by atoms with Gasteiger partial charge in [0, 0.05) is 5.02 Å². The highest BCUT2D eigenvalue weighted by atomic mass is 35.5. The van der Waals surface area contributed by atoms with Crippen molar-refractivity contribution in [3.05, 3.63) is 64.7 Å². The van der Waals surface area contributed by atoms with Crippen LogP contribution in [0.5, 0.6) is 0 Å². The van der Waals surface area contributed by atoms with Gasteiger partial charge in [0.15, 0.2) is 0 Å². The van der Waals surface area contributed by atoms with E-state index >= 15 is 0 Å². The van der Waals surface area contributed by atoms with Crippen LogP contribution in [0.4, 0.5) is 0 Å². The third-order valence-corrected chi connectivity index (χ3v) is 3.57. The molecule has 2 aromatic carbocycles. The molecule has 0 saturated carbocycles. The maximum atomic E-state index is 12.3. The van der Waals surface area contributed by atoms with Gasteiger partial charge < -0.3 is 5.02 Å². The second-order valence-corrected chi connectivity index (χ2v) is 5.23. The zero-order valence-electron chi connectivity index (χ0n) is 11.1. The number of amides is 1. The Labute approximate surface area is 127 Å². The standard InChI is InChI=1S/C15H12BClN2O2/c17-13-6-7-14-12(9-13)10-18-19(16(14)21)15(20)8-11-4-2-1-3-5-11/h1-7,9-10,21H,8H2. The van der Waals surface area contributed by atoms with Gasteiger partial charge in [-0.25, -0.2) is 4.92 Å². The number of carbonyl (C=O) groups excluding carboxylic acids is 1. The summed E-state index contributed by atoms with van der Waals surface area (Å²) in [4.78, 5) is 13.4. The molecule has 3 rings (SSSR count). The predicted molar refractivity (Wildman–Crippen MR) is 83.6 cm³/mol. The first-order valence-corrected chi connectivity index (χ1v) is 6.90. The Morgan fingerprint density at radius 2 is 2.00 bits per heavy atom. The zero-order valence-corrected chi connectivity index (χ0v) is 11.9. The molecule has 1 N–H and O–H groups in total. The monoisotopic (exact) mass is 298 g/mol. The summed E-state index contributed by atoms with van der Waals surface area (Å²) in [6, 6.07) is 14.5. The van der Waals surface area contributed by atoms with E-state index in [-0.39, 0.29) is 12.3 Å². The van der Waals surface area contributed by atoms with Crippen molar-refractivity contribution in [2.75, 3.05) is 0 Å². The van der Waals surface area contributed by atoms with Crippen molar-refractivity contribution in [3.63, 3.8) is 0 Å². The van der Waals surface area contributed by atoms with E-state index in [4.69, 9.17) is 11.6 Å². The van der Waals surface area contributed by atoms with Gasteiger partial charge in [-0.3, -0.25) is 4.79 Å². The quantitative estimate of drug-likeness (QED) is 0.853. The van der Waals surface area contributed by atoms with E-state index in [9.17, 15) is 9.82 Å². The molecule has 1 aliphatic rings. The summed E-state index contributed by atoms with van der Waals surface area (Å²) in [7, 11) is -1.08. The number of halogens is 1. The third kappa shape index (κ3) is 2.84. The lowest BCUT2D eigenvalue weighted by Crippen LogP contribution is -2.52. The van der Waals surface area contributed by atoms with Gasteiger partial charge in [0.1, 0.15) is 0 Å². The molecule has 1 amide bonds. The Kier molecular flexibility index (Phi) is 3.77. The minimum absolute atomic E-state index is 0.193. The average Bonchev–Trinajstić information content (AvgIpc) is 2.48. The molecule has 2 aromatic rings. The molecule has 0 atom stereocenters. The Morgan fingerprint density at radius 1 is 1.24 bits per heavy atom. The van der Waals surface area contributed by atoms with Crippen molar-refractivity contribution in [3.8, 4) is 0 Å². The summed E-state index contributed by atoms with van der Waals surface area (Å²) in [6.45, 7) is 0. The average molecular weight is 299 g/mol. The van der Waals surface area contributed by atoms with Gasteiger partial charge in [-0.05, 0) is 28.7 Å². The lowest BCUT2D eigenvalue weighted by Gasteiger charge is -2.25. The maximum absolute atomic E-state index is 12.3. The summed E-state index contributed by atoms with van der Waals surface area (Å²) in [6.07, 6.45) is 1.73. The summed E-state index contributed by atoms with van der Waals surface area (Å²) in [5.74, 6) is -0.259. The Hall–Kier alpha value is -2.11. The predicted octanol–water partition coefficient (Wildman–Crippen LogP) is 1.45. The summed E-state index contributed by atoms with van der Waals surface area (Å²) < 4.78 is 0. The van der Waals surface area contributed by atoms with E-state index in [1.807, 2.05) is 30.3 Å². The molecule has 0 aliphatic carbocycles. The van der Waals surface area contributed by atoms with Crippen LogP contribution in [-0.4, -0.2) is 29.1 Å². The highest BCUT2D eigenvalue weighted by molar-refractivity contribution is 6.67. The van der Waals surface area contributed by atoms with Gasteiger partial charge >= 0.3 is 7.05 Å². The van der Waals surface area contributed by atoms with Crippen molar-refractivity contribution in [2.24, 2.45) is 5.10 Å². The molecule has 6 heteroatoms. The number of benzene rings is 2. The molecule has 0 fully saturated rings. The summed E-state index contributed by atoms with van der Waals surface area (Å²) in [5, 5.41) is 14.9. The number of hydrazone groups is 1. The highest BCUT2D eigenvalue weighted by Crippen LogP contribution is 2.13. The SMILES string of the molecule is O=C(Cc1ccccc1)N1N=Cc2cc(Cl)ccc2B1O. The molecule has 0 unspecified atom stereocenters. The maximum Gasteiger partial charge on any atom is 0.474 e. The fourth-order valence-corrected chi connectivity index (χ4v) is 2.44. The van der Waals surface area contributed by atoms with Crippen LogP contribution < -0.4 is 5.46 Å². The number of carbonyl (C=O) groups is 1. The molecule has 0 radical (unpaired) electrons. The molecule has 0 saturated heterocycles. The van der Waals surface area contributed by atoms with Crippen LogP contribution in [0, 0.1) is 0 Å². The second-order valence-electron chi connectivity index (χ2n) is 4.79. The normalized spacial score (nSPS) is 13.2. The molecule has 1 heterocycles. The molecule has 104 valence electrons. The topological polar surface area (TPSA) is 52.9 Å². The summed E-state index contributed by atoms with van der Waals surface area (Å²) >= 11 is 5.91. The van der Waals surface area contributed by atoms with Gasteiger partial charge in [0.05, 0.1) is 12.6 Å². The largest absolute Gasteiger partial charge is 0.474 e. The zero-order chi connectivity index (χ0) is 14.8. The van der Waals surface area contributed by atoms with Crippen LogP contribution in [0.2, 0.25) is 5.02 Å². The fraction of sp³-hybridized carbons (Fsp3) is 0.0667. The van der Waals surface area contributed by atoms with Gasteiger partial charge in [0.2, 0.25) is 5.91 Å². The minimum Gasteiger partial charge on any atom is -0.427 e. The Balaban J connectivity index is 1.82. The van der Waals surface area contributed by atoms with E-state index in [1.165, 1.54) is 6.21 Å². The van der Waals surface area contributed by atoms with Gasteiger partial charge in [0.25, 0.3) is 0 Å². The third-order valence-electron chi connectivity index (χ3n) is 3.33. The van der Waals surface area contributed by atoms with E-state index in [0.717, 1.165) is 16.0 Å². The molecular formula is C15H12BClN2O2. The van der Waals surface area contributed by atoms with Gasteiger partial charge in [-0.1, -0.05) is 48.0 Å². The molecule has 1 aliphatic heterocycles. The van der Waals surface area contributed by atoms with Crippen LogP contribution in [0.3, 0.4) is 0 Å². The van der Waals surface area contributed by atoms with Crippen molar-refractivity contribution in [1.29, 1.82) is 0 Å². The van der Waals surface area contributed by atoms with Crippen molar-refractivity contribution < 1.29 is 9.82 Å². The first-order valence-electron chi connectivity index (χ1n) is 6.52. The van der Waals surface area contributed by atoms with Crippen LogP contribution in [-0.2, 0) is 11.2 Å². The number of rotatable bonds is 2. The van der Waals surface area contributed by atoms with Gasteiger partial charge in [-0.2, -0.15) is 5.10 Å². The molecular weight excluding hydrogens is 286 g/mol. The van der Waals surface area contributed by atoms with E-state index in [1.54, 1.807) is 18.2 Å². The van der Waals surface area contributed by atoms with Crippen LogP contribution in [0.1, 0.15) is 11.1 Å².